The number of ether oxygens (including phenoxy) is 1. The molecule has 1 aliphatic rings. The van der Waals surface area contributed by atoms with Crippen LogP contribution in [0, 0.1) is 12.8 Å². The van der Waals surface area contributed by atoms with Crippen molar-refractivity contribution in [3.8, 4) is 0 Å². The summed E-state index contributed by atoms with van der Waals surface area (Å²) >= 11 is 0. The second kappa shape index (κ2) is 8.82. The monoisotopic (exact) mass is 337 g/mol. The van der Waals surface area contributed by atoms with Crippen molar-refractivity contribution in [3.05, 3.63) is 32.1 Å². The molecule has 1 heterocycles. The van der Waals surface area contributed by atoms with Crippen molar-refractivity contribution in [2.24, 2.45) is 5.92 Å². The summed E-state index contributed by atoms with van der Waals surface area (Å²) in [5.74, 6) is 0.463. The van der Waals surface area contributed by atoms with Gasteiger partial charge in [-0.3, -0.25) is 14.6 Å². The van der Waals surface area contributed by atoms with Crippen LogP contribution in [-0.2, 0) is 16.0 Å². The maximum absolute atomic E-state index is 11.9. The molecule has 0 aliphatic heterocycles. The smallest absolute Gasteiger partial charge is 0.325 e. The van der Waals surface area contributed by atoms with Crippen LogP contribution in [0.3, 0.4) is 0 Å². The number of carbonyl (C=O) groups is 1. The second-order valence-electron chi connectivity index (χ2n) is 6.53. The Kier molecular flexibility index (Phi) is 6.78. The van der Waals surface area contributed by atoms with Crippen LogP contribution in [-0.4, -0.2) is 35.1 Å². The highest BCUT2D eigenvalue weighted by atomic mass is 16.5. The number of nitrogens with one attached hydrogen (secondary N) is 3. The van der Waals surface area contributed by atoms with Gasteiger partial charge in [0.2, 0.25) is 5.91 Å². The molecule has 134 valence electrons. The Morgan fingerprint density at radius 3 is 2.71 bits per heavy atom. The van der Waals surface area contributed by atoms with Crippen molar-refractivity contribution in [3.63, 3.8) is 0 Å². The summed E-state index contributed by atoms with van der Waals surface area (Å²) in [6.07, 6.45) is 5.61. The summed E-state index contributed by atoms with van der Waals surface area (Å²) in [6, 6.07) is 0. The summed E-state index contributed by atoms with van der Waals surface area (Å²) in [4.78, 5) is 39.4. The topological polar surface area (TPSA) is 104 Å². The molecule has 1 fully saturated rings. The van der Waals surface area contributed by atoms with Gasteiger partial charge in [-0.15, -0.1) is 0 Å². The van der Waals surface area contributed by atoms with E-state index in [1.54, 1.807) is 6.92 Å². The van der Waals surface area contributed by atoms with E-state index in [0.29, 0.717) is 42.9 Å². The fourth-order valence-corrected chi connectivity index (χ4v) is 3.18. The van der Waals surface area contributed by atoms with E-state index in [-0.39, 0.29) is 12.3 Å². The van der Waals surface area contributed by atoms with Crippen molar-refractivity contribution in [1.82, 2.24) is 15.3 Å². The minimum absolute atomic E-state index is 0.125. The zero-order valence-electron chi connectivity index (χ0n) is 14.4. The summed E-state index contributed by atoms with van der Waals surface area (Å²) in [6.45, 7) is 4.86. The lowest BCUT2D eigenvalue weighted by Crippen LogP contribution is -2.32. The number of H-pyrrole nitrogens is 2. The average molecular weight is 337 g/mol. The number of hydrogen-bond donors (Lipinski definition) is 3. The SMILES string of the molecule is Cc1[nH]c(=O)[nH]c(=O)c1CCC(=O)NCCO[C@H]1CCCC[C@H]1C. The number of aromatic nitrogens is 2. The standard InChI is InChI=1S/C17H27N3O4/c1-11-5-3-4-6-14(11)24-10-9-18-15(21)8-7-13-12(2)19-17(23)20-16(13)22/h11,14H,3-10H2,1-2H3,(H,18,21)(H2,19,20,22,23)/t11-,14+/m1/s1. The van der Waals surface area contributed by atoms with Crippen molar-refractivity contribution >= 4 is 5.91 Å². The first-order valence-electron chi connectivity index (χ1n) is 8.67. The van der Waals surface area contributed by atoms with E-state index in [1.165, 1.54) is 19.3 Å². The van der Waals surface area contributed by atoms with Gasteiger partial charge in [0, 0.05) is 24.2 Å². The summed E-state index contributed by atoms with van der Waals surface area (Å²) in [5, 5.41) is 2.81. The van der Waals surface area contributed by atoms with Crippen molar-refractivity contribution < 1.29 is 9.53 Å². The molecule has 7 nitrogen and oxygen atoms in total. The van der Waals surface area contributed by atoms with Crippen LogP contribution in [0.2, 0.25) is 0 Å². The predicted molar refractivity (Wildman–Crippen MR) is 91.1 cm³/mol. The fraction of sp³-hybridized carbons (Fsp3) is 0.706. The number of aryl methyl sites for hydroxylation is 1. The Labute approximate surface area is 141 Å². The van der Waals surface area contributed by atoms with Gasteiger partial charge >= 0.3 is 5.69 Å². The molecule has 24 heavy (non-hydrogen) atoms. The number of carbonyl (C=O) groups excluding carboxylic acids is 1. The molecule has 0 radical (unpaired) electrons. The second-order valence-corrected chi connectivity index (χ2v) is 6.53. The van der Waals surface area contributed by atoms with Gasteiger partial charge in [-0.1, -0.05) is 19.8 Å². The van der Waals surface area contributed by atoms with Gasteiger partial charge in [0.25, 0.3) is 5.56 Å². The third-order valence-electron chi connectivity index (χ3n) is 4.65. The Hall–Kier alpha value is -1.89. The quantitative estimate of drug-likeness (QED) is 0.646. The molecule has 0 saturated heterocycles. The minimum atomic E-state index is -0.528. The van der Waals surface area contributed by atoms with Crippen LogP contribution in [0.1, 0.15) is 50.3 Å². The highest BCUT2D eigenvalue weighted by Crippen LogP contribution is 2.25. The third-order valence-corrected chi connectivity index (χ3v) is 4.65. The number of rotatable bonds is 7. The molecule has 1 amide bonds. The number of aromatic amines is 2. The molecule has 1 aromatic rings. The summed E-state index contributed by atoms with van der Waals surface area (Å²) < 4.78 is 5.85. The summed E-state index contributed by atoms with van der Waals surface area (Å²) in [5.41, 5.74) is -0.0124. The van der Waals surface area contributed by atoms with E-state index < -0.39 is 11.2 Å². The normalized spacial score (nSPS) is 20.8. The lowest BCUT2D eigenvalue weighted by atomic mass is 9.88. The molecule has 1 aliphatic carbocycles. The Morgan fingerprint density at radius 2 is 2.00 bits per heavy atom. The molecule has 2 atom stereocenters. The van der Waals surface area contributed by atoms with Gasteiger partial charge < -0.3 is 15.0 Å². The largest absolute Gasteiger partial charge is 0.376 e. The van der Waals surface area contributed by atoms with E-state index in [2.05, 4.69) is 22.2 Å². The van der Waals surface area contributed by atoms with Gasteiger partial charge in [-0.05, 0) is 32.1 Å². The maximum atomic E-state index is 11.9. The van der Waals surface area contributed by atoms with Gasteiger partial charge in [-0.25, -0.2) is 4.79 Å². The van der Waals surface area contributed by atoms with Crippen molar-refractivity contribution in [2.75, 3.05) is 13.2 Å². The lowest BCUT2D eigenvalue weighted by Gasteiger charge is -2.28. The highest BCUT2D eigenvalue weighted by molar-refractivity contribution is 5.76. The minimum Gasteiger partial charge on any atom is -0.376 e. The molecule has 0 unspecified atom stereocenters. The molecule has 0 aromatic carbocycles. The lowest BCUT2D eigenvalue weighted by molar-refractivity contribution is -0.121. The molecular weight excluding hydrogens is 310 g/mol. The van der Waals surface area contributed by atoms with Gasteiger partial charge in [0.05, 0.1) is 12.7 Å². The maximum Gasteiger partial charge on any atom is 0.325 e. The van der Waals surface area contributed by atoms with E-state index in [0.717, 1.165) is 6.42 Å². The van der Waals surface area contributed by atoms with E-state index >= 15 is 0 Å². The van der Waals surface area contributed by atoms with Gasteiger partial charge in [-0.2, -0.15) is 0 Å². The van der Waals surface area contributed by atoms with Crippen LogP contribution in [0.15, 0.2) is 9.59 Å². The predicted octanol–water partition coefficient (Wildman–Crippen LogP) is 1.02. The zero-order valence-corrected chi connectivity index (χ0v) is 14.4. The van der Waals surface area contributed by atoms with Crippen LogP contribution in [0.25, 0.3) is 0 Å². The van der Waals surface area contributed by atoms with Crippen LogP contribution >= 0.6 is 0 Å². The van der Waals surface area contributed by atoms with Crippen LogP contribution in [0.4, 0.5) is 0 Å². The zero-order chi connectivity index (χ0) is 17.5. The molecule has 1 saturated carbocycles. The Bertz CT molecular complexity index is 665. The molecule has 2 rings (SSSR count). The molecule has 3 N–H and O–H groups in total. The average Bonchev–Trinajstić information content (AvgIpc) is 2.52. The number of amides is 1. The third kappa shape index (κ3) is 5.33. The molecular formula is C17H27N3O4. The van der Waals surface area contributed by atoms with E-state index in [1.807, 2.05) is 0 Å². The Balaban J connectivity index is 1.69. The molecule has 1 aromatic heterocycles. The van der Waals surface area contributed by atoms with Crippen molar-refractivity contribution in [2.45, 2.75) is 58.5 Å². The van der Waals surface area contributed by atoms with Gasteiger partial charge in [0.1, 0.15) is 0 Å². The molecule has 0 bridgehead atoms. The first kappa shape index (κ1) is 18.4. The molecule has 7 heteroatoms. The van der Waals surface area contributed by atoms with Gasteiger partial charge in [0.15, 0.2) is 0 Å². The molecule has 0 spiro atoms. The van der Waals surface area contributed by atoms with E-state index in [4.69, 9.17) is 4.74 Å². The van der Waals surface area contributed by atoms with Crippen LogP contribution in [0.5, 0.6) is 0 Å². The fourth-order valence-electron chi connectivity index (χ4n) is 3.18. The number of hydrogen-bond acceptors (Lipinski definition) is 4. The Morgan fingerprint density at radius 1 is 1.25 bits per heavy atom. The first-order valence-corrected chi connectivity index (χ1v) is 8.67. The highest BCUT2D eigenvalue weighted by Gasteiger charge is 2.21. The van der Waals surface area contributed by atoms with Crippen molar-refractivity contribution in [1.29, 1.82) is 0 Å². The van der Waals surface area contributed by atoms with Crippen LogP contribution < -0.4 is 16.6 Å². The summed E-state index contributed by atoms with van der Waals surface area (Å²) in [7, 11) is 0. The van der Waals surface area contributed by atoms with E-state index in [9.17, 15) is 14.4 Å². The first-order chi connectivity index (χ1) is 11.5.